The van der Waals surface area contributed by atoms with Crippen molar-refractivity contribution in [2.45, 2.75) is 13.0 Å². The Kier molecular flexibility index (Phi) is 5.61. The molecule has 8 heteroatoms. The number of fused-ring (bicyclic) bond motifs is 1. The number of hydrogen-bond acceptors (Lipinski definition) is 6. The lowest BCUT2D eigenvalue weighted by atomic mass is 10.1. The Morgan fingerprint density at radius 1 is 1.03 bits per heavy atom. The number of anilines is 1. The Morgan fingerprint density at radius 3 is 2.53 bits per heavy atom. The maximum absolute atomic E-state index is 13.1. The molecule has 2 aromatic carbocycles. The first-order chi connectivity index (χ1) is 15.6. The molecule has 0 unspecified atom stereocenters. The van der Waals surface area contributed by atoms with Crippen LogP contribution in [-0.4, -0.2) is 68.2 Å². The van der Waals surface area contributed by atoms with Gasteiger partial charge in [0.25, 0.3) is 0 Å². The topological polar surface area (TPSA) is 71.6 Å². The smallest absolute Gasteiger partial charge is 0.231 e. The summed E-state index contributed by atoms with van der Waals surface area (Å²) in [4.78, 5) is 31.6. The van der Waals surface area contributed by atoms with Crippen molar-refractivity contribution in [3.05, 3.63) is 48.0 Å². The second-order valence-corrected chi connectivity index (χ2v) is 8.39. The first-order valence-corrected chi connectivity index (χ1v) is 10.9. The summed E-state index contributed by atoms with van der Waals surface area (Å²) in [6, 6.07) is 13.4. The van der Waals surface area contributed by atoms with E-state index >= 15 is 0 Å². The molecule has 2 aromatic rings. The normalized spacial score (nSPS) is 20.7. The molecule has 2 fully saturated rings. The van der Waals surface area contributed by atoms with Crippen LogP contribution in [0.25, 0.3) is 0 Å². The van der Waals surface area contributed by atoms with Crippen LogP contribution < -0.4 is 19.1 Å². The molecule has 3 aliphatic rings. The number of methoxy groups -OCH3 is 1. The number of amides is 2. The Labute approximate surface area is 187 Å². The highest BCUT2D eigenvalue weighted by Gasteiger charge is 2.38. The van der Waals surface area contributed by atoms with E-state index in [-0.39, 0.29) is 30.9 Å². The van der Waals surface area contributed by atoms with Crippen LogP contribution in [0, 0.1) is 5.92 Å². The molecular weight excluding hydrogens is 410 g/mol. The Hall–Kier alpha value is -3.26. The number of nitrogens with zero attached hydrogens (tertiary/aromatic N) is 3. The van der Waals surface area contributed by atoms with Crippen molar-refractivity contribution in [2.24, 2.45) is 5.92 Å². The zero-order valence-electron chi connectivity index (χ0n) is 18.2. The number of carbonyl (C=O) groups excluding carboxylic acids is 2. The zero-order chi connectivity index (χ0) is 22.1. The average Bonchev–Trinajstić information content (AvgIpc) is 3.45. The predicted octanol–water partition coefficient (Wildman–Crippen LogP) is 2.12. The minimum absolute atomic E-state index is 0.00467. The third-order valence-corrected chi connectivity index (χ3v) is 6.39. The predicted molar refractivity (Wildman–Crippen MR) is 118 cm³/mol. The summed E-state index contributed by atoms with van der Waals surface area (Å²) in [5.41, 5.74) is 1.98. The number of carbonyl (C=O) groups is 2. The molecule has 3 aliphatic heterocycles. The van der Waals surface area contributed by atoms with Gasteiger partial charge in [0.15, 0.2) is 11.5 Å². The second kappa shape index (κ2) is 8.70. The van der Waals surface area contributed by atoms with Crippen molar-refractivity contribution < 1.29 is 23.8 Å². The van der Waals surface area contributed by atoms with Crippen LogP contribution in [0.2, 0.25) is 0 Å². The van der Waals surface area contributed by atoms with Gasteiger partial charge in [-0.25, -0.2) is 0 Å². The molecule has 2 saturated heterocycles. The van der Waals surface area contributed by atoms with Gasteiger partial charge < -0.3 is 24.0 Å². The Balaban J connectivity index is 1.14. The van der Waals surface area contributed by atoms with E-state index in [0.717, 1.165) is 42.6 Å². The number of hydrogen-bond donors (Lipinski definition) is 0. The lowest BCUT2D eigenvalue weighted by Crippen LogP contribution is -2.50. The summed E-state index contributed by atoms with van der Waals surface area (Å²) in [6.07, 6.45) is 0.266. The molecule has 2 amide bonds. The van der Waals surface area contributed by atoms with Crippen LogP contribution in [0.4, 0.5) is 5.69 Å². The zero-order valence-corrected chi connectivity index (χ0v) is 18.2. The summed E-state index contributed by atoms with van der Waals surface area (Å²) in [5.74, 6) is 2.12. The van der Waals surface area contributed by atoms with Crippen LogP contribution in [0.15, 0.2) is 42.5 Å². The number of benzene rings is 2. The maximum Gasteiger partial charge on any atom is 0.231 e. The third-order valence-electron chi connectivity index (χ3n) is 6.39. The largest absolute Gasteiger partial charge is 0.497 e. The fourth-order valence-electron chi connectivity index (χ4n) is 4.57. The van der Waals surface area contributed by atoms with E-state index in [1.807, 2.05) is 41.3 Å². The van der Waals surface area contributed by atoms with Crippen LogP contribution in [0.5, 0.6) is 17.2 Å². The minimum atomic E-state index is -0.287. The SMILES string of the molecule is COc1ccc(N2C[C@H](C(=O)N3CCN(Cc4ccc5c(c4)OCO5)CC3)CC2=O)cc1. The van der Waals surface area contributed by atoms with Gasteiger partial charge in [0, 0.05) is 51.4 Å². The second-order valence-electron chi connectivity index (χ2n) is 8.39. The highest BCUT2D eigenvalue weighted by atomic mass is 16.7. The maximum atomic E-state index is 13.1. The summed E-state index contributed by atoms with van der Waals surface area (Å²) in [7, 11) is 1.61. The average molecular weight is 437 g/mol. The molecule has 1 atom stereocenters. The molecule has 32 heavy (non-hydrogen) atoms. The van der Waals surface area contributed by atoms with E-state index in [2.05, 4.69) is 11.0 Å². The molecule has 0 N–H and O–H groups in total. The molecule has 168 valence electrons. The highest BCUT2D eigenvalue weighted by molar-refractivity contribution is 6.00. The molecule has 0 bridgehead atoms. The fourth-order valence-corrected chi connectivity index (χ4v) is 4.57. The summed E-state index contributed by atoms with van der Waals surface area (Å²) < 4.78 is 16.0. The standard InChI is InChI=1S/C24H27N3O5/c1-30-20-5-3-19(4-6-20)27-15-18(13-23(27)28)24(29)26-10-8-25(9-11-26)14-17-2-7-21-22(12-17)32-16-31-21/h2-7,12,18H,8-11,13-16H2,1H3/t18-/m1/s1. The lowest BCUT2D eigenvalue weighted by molar-refractivity contribution is -0.137. The van der Waals surface area contributed by atoms with Gasteiger partial charge in [-0.05, 0) is 42.0 Å². The summed E-state index contributed by atoms with van der Waals surface area (Å²) in [5, 5.41) is 0. The highest BCUT2D eigenvalue weighted by Crippen LogP contribution is 2.33. The molecule has 5 rings (SSSR count). The van der Waals surface area contributed by atoms with E-state index in [1.165, 1.54) is 5.56 Å². The van der Waals surface area contributed by atoms with Crippen LogP contribution in [0.3, 0.4) is 0 Å². The van der Waals surface area contributed by atoms with Crippen molar-refractivity contribution in [3.8, 4) is 17.2 Å². The van der Waals surface area contributed by atoms with Gasteiger partial charge in [-0.15, -0.1) is 0 Å². The quantitative estimate of drug-likeness (QED) is 0.714. The summed E-state index contributed by atoms with van der Waals surface area (Å²) in [6.45, 7) is 4.49. The van der Waals surface area contributed by atoms with Gasteiger partial charge in [-0.3, -0.25) is 14.5 Å². The molecule has 0 spiro atoms. The number of rotatable bonds is 5. The first-order valence-electron chi connectivity index (χ1n) is 10.9. The molecular formula is C24H27N3O5. The monoisotopic (exact) mass is 437 g/mol. The van der Waals surface area contributed by atoms with Crippen molar-refractivity contribution in [1.29, 1.82) is 0 Å². The van der Waals surface area contributed by atoms with E-state index in [1.54, 1.807) is 12.0 Å². The van der Waals surface area contributed by atoms with Crippen molar-refractivity contribution in [1.82, 2.24) is 9.80 Å². The van der Waals surface area contributed by atoms with Gasteiger partial charge in [-0.1, -0.05) is 6.07 Å². The summed E-state index contributed by atoms with van der Waals surface area (Å²) >= 11 is 0. The van der Waals surface area contributed by atoms with Gasteiger partial charge in [0.2, 0.25) is 18.6 Å². The molecule has 8 nitrogen and oxygen atoms in total. The van der Waals surface area contributed by atoms with Crippen molar-refractivity contribution in [2.75, 3.05) is 51.5 Å². The molecule has 0 aromatic heterocycles. The third kappa shape index (κ3) is 4.10. The van der Waals surface area contributed by atoms with E-state index in [0.29, 0.717) is 19.6 Å². The number of piperazine rings is 1. The van der Waals surface area contributed by atoms with Gasteiger partial charge in [-0.2, -0.15) is 0 Å². The Bertz CT molecular complexity index is 1000. The van der Waals surface area contributed by atoms with Crippen LogP contribution >= 0.6 is 0 Å². The first kappa shape index (κ1) is 20.6. The Morgan fingerprint density at radius 2 is 1.78 bits per heavy atom. The van der Waals surface area contributed by atoms with Crippen LogP contribution in [-0.2, 0) is 16.1 Å². The molecule has 0 saturated carbocycles. The van der Waals surface area contributed by atoms with Gasteiger partial charge >= 0.3 is 0 Å². The lowest BCUT2D eigenvalue weighted by Gasteiger charge is -2.36. The van der Waals surface area contributed by atoms with Crippen LogP contribution in [0.1, 0.15) is 12.0 Å². The van der Waals surface area contributed by atoms with E-state index < -0.39 is 0 Å². The van der Waals surface area contributed by atoms with Crippen molar-refractivity contribution >= 4 is 17.5 Å². The van der Waals surface area contributed by atoms with Gasteiger partial charge in [0.1, 0.15) is 5.75 Å². The minimum Gasteiger partial charge on any atom is -0.497 e. The molecule has 0 aliphatic carbocycles. The molecule has 3 heterocycles. The van der Waals surface area contributed by atoms with Gasteiger partial charge in [0.05, 0.1) is 13.0 Å². The molecule has 0 radical (unpaired) electrons. The van der Waals surface area contributed by atoms with Crippen molar-refractivity contribution in [3.63, 3.8) is 0 Å². The van der Waals surface area contributed by atoms with E-state index in [9.17, 15) is 9.59 Å². The van der Waals surface area contributed by atoms with E-state index in [4.69, 9.17) is 14.2 Å². The fraction of sp³-hybridized carbons (Fsp3) is 0.417. The number of ether oxygens (including phenoxy) is 3.